The summed E-state index contributed by atoms with van der Waals surface area (Å²) in [6.07, 6.45) is -0.115. The van der Waals surface area contributed by atoms with Gasteiger partial charge in [0.1, 0.15) is 5.60 Å². The molecule has 0 saturated heterocycles. The minimum absolute atomic E-state index is 0.253. The maximum atomic E-state index is 11.8. The van der Waals surface area contributed by atoms with Gasteiger partial charge in [0, 0.05) is 13.6 Å². The summed E-state index contributed by atoms with van der Waals surface area (Å²) in [5.74, 6) is -0.254. The fraction of sp³-hybridized carbons (Fsp3) is 0.935. The Hall–Kier alpha value is -1.66. The zero-order chi connectivity index (χ0) is 34.0. The lowest BCUT2D eigenvalue weighted by molar-refractivity contribution is -0.144. The molecule has 0 aromatic carbocycles. The van der Waals surface area contributed by atoms with Gasteiger partial charge >= 0.3 is 12.1 Å². The van der Waals surface area contributed by atoms with Crippen molar-refractivity contribution >= 4 is 12.1 Å². The maximum Gasteiger partial charge on any atom is 0.410 e. The Bertz CT molecular complexity index is 680. The third-order valence-corrected chi connectivity index (χ3v) is 5.38. The fourth-order valence-electron chi connectivity index (χ4n) is 3.10. The van der Waals surface area contributed by atoms with E-state index < -0.39 is 5.60 Å². The molecule has 0 N–H and O–H groups in total. The standard InChI is InChI=1S/C31H61NO14/c1-6-45-29(33)7-9-35-11-13-37-15-17-39-19-21-41-23-25-43-27-28-44-26-24-42-22-20-40-18-16-38-14-12-36-10-8-32(5)30(34)46-31(2,3)4/h6-28H2,1-5H3. The molecule has 0 aliphatic heterocycles. The van der Waals surface area contributed by atoms with Crippen molar-refractivity contribution in [1.29, 1.82) is 0 Å². The predicted molar refractivity (Wildman–Crippen MR) is 168 cm³/mol. The van der Waals surface area contributed by atoms with Gasteiger partial charge in [-0.05, 0) is 27.7 Å². The molecule has 0 unspecified atom stereocenters. The zero-order valence-electron chi connectivity index (χ0n) is 28.9. The fourth-order valence-corrected chi connectivity index (χ4v) is 3.10. The molecule has 0 aliphatic carbocycles. The maximum absolute atomic E-state index is 11.8. The van der Waals surface area contributed by atoms with Crippen LogP contribution in [0.3, 0.4) is 0 Å². The Morgan fingerprint density at radius 1 is 0.478 bits per heavy atom. The molecular weight excluding hydrogens is 610 g/mol. The molecule has 0 atom stereocenters. The quantitative estimate of drug-likeness (QED) is 0.0725. The van der Waals surface area contributed by atoms with Crippen LogP contribution in [0.4, 0.5) is 4.79 Å². The smallest absolute Gasteiger partial charge is 0.410 e. The molecule has 0 bridgehead atoms. The Morgan fingerprint density at radius 3 is 1.04 bits per heavy atom. The molecule has 0 aromatic rings. The van der Waals surface area contributed by atoms with Crippen LogP contribution >= 0.6 is 0 Å². The van der Waals surface area contributed by atoms with E-state index in [0.717, 1.165) is 0 Å². The highest BCUT2D eigenvalue weighted by Crippen LogP contribution is 2.08. The summed E-state index contributed by atoms with van der Waals surface area (Å²) in [5.41, 5.74) is -0.512. The van der Waals surface area contributed by atoms with E-state index in [4.69, 9.17) is 56.8 Å². The van der Waals surface area contributed by atoms with Crippen molar-refractivity contribution in [2.45, 2.75) is 39.7 Å². The van der Waals surface area contributed by atoms with Crippen LogP contribution in [-0.4, -0.2) is 175 Å². The summed E-state index contributed by atoms with van der Waals surface area (Å²) in [4.78, 5) is 24.5. The largest absolute Gasteiger partial charge is 0.466 e. The molecule has 15 nitrogen and oxygen atoms in total. The van der Waals surface area contributed by atoms with Gasteiger partial charge in [-0.25, -0.2) is 4.79 Å². The van der Waals surface area contributed by atoms with E-state index >= 15 is 0 Å². The van der Waals surface area contributed by atoms with Crippen LogP contribution in [0.15, 0.2) is 0 Å². The number of nitrogens with zero attached hydrogens (tertiary/aromatic N) is 1. The highest BCUT2D eigenvalue weighted by atomic mass is 16.6. The van der Waals surface area contributed by atoms with E-state index in [1.54, 1.807) is 14.0 Å². The highest BCUT2D eigenvalue weighted by Gasteiger charge is 2.19. The lowest BCUT2D eigenvalue weighted by Gasteiger charge is -2.24. The summed E-state index contributed by atoms with van der Waals surface area (Å²) in [5, 5.41) is 0. The molecule has 0 saturated carbocycles. The van der Waals surface area contributed by atoms with E-state index in [1.807, 2.05) is 20.8 Å². The van der Waals surface area contributed by atoms with Gasteiger partial charge in [0.25, 0.3) is 0 Å². The van der Waals surface area contributed by atoms with Gasteiger partial charge in [0.15, 0.2) is 0 Å². The first-order chi connectivity index (χ1) is 22.3. The van der Waals surface area contributed by atoms with Crippen LogP contribution in [0.5, 0.6) is 0 Å². The normalized spacial score (nSPS) is 11.6. The van der Waals surface area contributed by atoms with Gasteiger partial charge in [-0.15, -0.1) is 0 Å². The number of amides is 1. The number of rotatable bonds is 34. The number of hydrogen-bond donors (Lipinski definition) is 0. The van der Waals surface area contributed by atoms with E-state index in [0.29, 0.717) is 145 Å². The van der Waals surface area contributed by atoms with E-state index in [1.165, 1.54) is 4.90 Å². The van der Waals surface area contributed by atoms with Crippen LogP contribution in [0.1, 0.15) is 34.1 Å². The average Bonchev–Trinajstić information content (AvgIpc) is 3.00. The van der Waals surface area contributed by atoms with Crippen molar-refractivity contribution < 1.29 is 66.4 Å². The second kappa shape index (κ2) is 33.2. The van der Waals surface area contributed by atoms with Crippen molar-refractivity contribution in [3.05, 3.63) is 0 Å². The number of likely N-dealkylation sites (N-methyl/N-ethyl adjacent to an activating group) is 1. The van der Waals surface area contributed by atoms with E-state index in [9.17, 15) is 9.59 Å². The molecule has 0 aromatic heterocycles. The van der Waals surface area contributed by atoms with Gasteiger partial charge < -0.3 is 61.7 Å². The zero-order valence-corrected chi connectivity index (χ0v) is 28.9. The Morgan fingerprint density at radius 2 is 0.761 bits per heavy atom. The average molecular weight is 672 g/mol. The van der Waals surface area contributed by atoms with Crippen LogP contribution in [0, 0.1) is 0 Å². The molecule has 0 radical (unpaired) electrons. The highest BCUT2D eigenvalue weighted by molar-refractivity contribution is 5.69. The SMILES string of the molecule is CCOC(=O)CCOCCOCCOCCOCCOCCOCCOCCOCCOCCOCCN(C)C(=O)OC(C)(C)C. The minimum atomic E-state index is -0.512. The van der Waals surface area contributed by atoms with Gasteiger partial charge in [-0.2, -0.15) is 0 Å². The molecule has 0 heterocycles. The van der Waals surface area contributed by atoms with Gasteiger partial charge in [-0.3, -0.25) is 4.79 Å². The first-order valence-electron chi connectivity index (χ1n) is 16.1. The molecule has 0 aliphatic rings. The monoisotopic (exact) mass is 671 g/mol. The van der Waals surface area contributed by atoms with Crippen molar-refractivity contribution in [2.24, 2.45) is 0 Å². The van der Waals surface area contributed by atoms with Gasteiger partial charge in [0.2, 0.25) is 0 Å². The first kappa shape index (κ1) is 44.3. The third-order valence-electron chi connectivity index (χ3n) is 5.38. The number of esters is 1. The second-order valence-corrected chi connectivity index (χ2v) is 10.6. The lowest BCUT2D eigenvalue weighted by atomic mass is 10.2. The Balaban J connectivity index is 3.16. The van der Waals surface area contributed by atoms with Crippen LogP contribution in [0.2, 0.25) is 0 Å². The first-order valence-corrected chi connectivity index (χ1v) is 16.1. The third kappa shape index (κ3) is 35.2. The van der Waals surface area contributed by atoms with E-state index in [-0.39, 0.29) is 18.5 Å². The molecule has 274 valence electrons. The summed E-state index contributed by atoms with van der Waals surface area (Å²) in [7, 11) is 1.68. The van der Waals surface area contributed by atoms with Gasteiger partial charge in [0.05, 0.1) is 145 Å². The lowest BCUT2D eigenvalue weighted by Crippen LogP contribution is -2.36. The molecule has 0 rings (SSSR count). The van der Waals surface area contributed by atoms with E-state index in [2.05, 4.69) is 0 Å². The molecule has 15 heteroatoms. The van der Waals surface area contributed by atoms with Crippen molar-refractivity contribution in [3.8, 4) is 0 Å². The topological polar surface area (TPSA) is 148 Å². The molecule has 0 fully saturated rings. The molecule has 0 spiro atoms. The number of carbonyl (C=O) groups is 2. The van der Waals surface area contributed by atoms with Crippen LogP contribution in [0.25, 0.3) is 0 Å². The van der Waals surface area contributed by atoms with Crippen LogP contribution in [-0.2, 0) is 61.6 Å². The van der Waals surface area contributed by atoms with Crippen LogP contribution < -0.4 is 0 Å². The number of ether oxygens (including phenoxy) is 12. The van der Waals surface area contributed by atoms with Crippen molar-refractivity contribution in [1.82, 2.24) is 4.90 Å². The van der Waals surface area contributed by atoms with Crippen molar-refractivity contribution in [2.75, 3.05) is 152 Å². The molecule has 46 heavy (non-hydrogen) atoms. The minimum Gasteiger partial charge on any atom is -0.466 e. The number of hydrogen-bond acceptors (Lipinski definition) is 14. The number of carbonyl (C=O) groups excluding carboxylic acids is 2. The summed E-state index contributed by atoms with van der Waals surface area (Å²) < 4.78 is 64.4. The Labute approximate surface area is 275 Å². The predicted octanol–water partition coefficient (Wildman–Crippen LogP) is 1.97. The molecular formula is C31H61NO14. The van der Waals surface area contributed by atoms with Gasteiger partial charge in [-0.1, -0.05) is 0 Å². The van der Waals surface area contributed by atoms with Crippen molar-refractivity contribution in [3.63, 3.8) is 0 Å². The molecule has 1 amide bonds. The Kier molecular flexibility index (Phi) is 32.0. The summed E-state index contributed by atoms with van der Waals surface area (Å²) in [6, 6.07) is 0. The summed E-state index contributed by atoms with van der Waals surface area (Å²) in [6.45, 7) is 17.4. The second-order valence-electron chi connectivity index (χ2n) is 10.6. The summed E-state index contributed by atoms with van der Waals surface area (Å²) >= 11 is 0.